The van der Waals surface area contributed by atoms with Gasteiger partial charge >= 0.3 is 0 Å². The largest absolute Gasteiger partial charge is 0.441 e. The molecule has 0 aliphatic carbocycles. The van der Waals surface area contributed by atoms with Gasteiger partial charge in [-0.25, -0.2) is 4.98 Å². The third-order valence-corrected chi connectivity index (χ3v) is 4.98. The normalized spacial score (nSPS) is 11.4. The highest BCUT2D eigenvalue weighted by atomic mass is 16.4. The molecule has 0 saturated heterocycles. The topological polar surface area (TPSA) is 55.3 Å². The summed E-state index contributed by atoms with van der Waals surface area (Å²) < 4.78 is 6.07. The monoisotopic (exact) mass is 371 g/mol. The second-order valence-corrected chi connectivity index (χ2v) is 7.03. The zero-order valence-corrected chi connectivity index (χ0v) is 16.1. The third-order valence-electron chi connectivity index (χ3n) is 4.98. The number of nitrogens with zero attached hydrogens (tertiary/aromatic N) is 2. The van der Waals surface area contributed by atoms with Crippen LogP contribution < -0.4 is 5.73 Å². The Morgan fingerprint density at radius 2 is 1.64 bits per heavy atom. The van der Waals surface area contributed by atoms with E-state index in [1.165, 1.54) is 10.9 Å². The van der Waals surface area contributed by atoms with Crippen LogP contribution in [0, 0.1) is 6.92 Å². The van der Waals surface area contributed by atoms with Crippen LogP contribution in [0.2, 0.25) is 0 Å². The summed E-state index contributed by atoms with van der Waals surface area (Å²) in [6, 6.07) is 25.0. The number of hydrogen-bond acceptors (Lipinski definition) is 4. The maximum atomic E-state index is 6.07. The molecule has 0 bridgehead atoms. The molecular formula is C24H25N3O. The minimum Gasteiger partial charge on any atom is -0.441 e. The summed E-state index contributed by atoms with van der Waals surface area (Å²) in [6.07, 6.45) is 0. The van der Waals surface area contributed by atoms with Gasteiger partial charge in [0.15, 0.2) is 0 Å². The van der Waals surface area contributed by atoms with Crippen LogP contribution in [0.25, 0.3) is 22.2 Å². The number of nitrogens with two attached hydrogens (primary N) is 1. The van der Waals surface area contributed by atoms with Crippen LogP contribution in [0.15, 0.2) is 77.2 Å². The van der Waals surface area contributed by atoms with Gasteiger partial charge in [-0.1, -0.05) is 66.7 Å². The molecule has 0 amide bonds. The Morgan fingerprint density at radius 1 is 0.893 bits per heavy atom. The van der Waals surface area contributed by atoms with Gasteiger partial charge in [0.05, 0.1) is 5.69 Å². The van der Waals surface area contributed by atoms with E-state index in [1.54, 1.807) is 0 Å². The van der Waals surface area contributed by atoms with E-state index in [-0.39, 0.29) is 0 Å². The molecular weight excluding hydrogens is 346 g/mol. The van der Waals surface area contributed by atoms with Crippen molar-refractivity contribution in [1.82, 2.24) is 9.88 Å². The molecule has 0 radical (unpaired) electrons. The van der Waals surface area contributed by atoms with Crippen molar-refractivity contribution in [1.29, 1.82) is 0 Å². The van der Waals surface area contributed by atoms with E-state index in [9.17, 15) is 0 Å². The van der Waals surface area contributed by atoms with Crippen molar-refractivity contribution in [2.24, 2.45) is 5.73 Å². The maximum absolute atomic E-state index is 6.07. The van der Waals surface area contributed by atoms with Crippen LogP contribution in [-0.4, -0.2) is 23.0 Å². The highest BCUT2D eigenvalue weighted by Gasteiger charge is 2.16. The number of hydrogen-bond donors (Lipinski definition) is 1. The quantitative estimate of drug-likeness (QED) is 0.509. The molecule has 4 aromatic rings. The SMILES string of the molecule is Cc1oc(-c2cccc3ccccc23)nc1CN(CCN)Cc1ccccc1. The second-order valence-electron chi connectivity index (χ2n) is 7.03. The molecule has 28 heavy (non-hydrogen) atoms. The minimum absolute atomic E-state index is 0.611. The van der Waals surface area contributed by atoms with Crippen LogP contribution in [-0.2, 0) is 13.1 Å². The lowest BCUT2D eigenvalue weighted by atomic mass is 10.0. The van der Waals surface area contributed by atoms with Crippen LogP contribution in [0.1, 0.15) is 17.0 Å². The first-order chi connectivity index (χ1) is 13.7. The van der Waals surface area contributed by atoms with Crippen molar-refractivity contribution in [3.8, 4) is 11.5 Å². The van der Waals surface area contributed by atoms with Crippen molar-refractivity contribution in [2.45, 2.75) is 20.0 Å². The third kappa shape index (κ3) is 3.98. The summed E-state index contributed by atoms with van der Waals surface area (Å²) in [5.41, 5.74) is 9.11. The predicted octanol–water partition coefficient (Wildman–Crippen LogP) is 4.76. The number of aromatic nitrogens is 1. The molecule has 0 aliphatic rings. The minimum atomic E-state index is 0.611. The van der Waals surface area contributed by atoms with Gasteiger partial charge in [0.1, 0.15) is 5.76 Å². The summed E-state index contributed by atoms with van der Waals surface area (Å²) in [7, 11) is 0. The van der Waals surface area contributed by atoms with Gasteiger partial charge in [0.2, 0.25) is 5.89 Å². The Bertz CT molecular complexity index is 1050. The molecule has 0 fully saturated rings. The van der Waals surface area contributed by atoms with Crippen molar-refractivity contribution in [2.75, 3.05) is 13.1 Å². The van der Waals surface area contributed by atoms with Crippen molar-refractivity contribution < 1.29 is 4.42 Å². The Balaban J connectivity index is 1.61. The van der Waals surface area contributed by atoms with Gasteiger partial charge in [-0.05, 0) is 29.3 Å². The molecule has 0 aliphatic heterocycles. The van der Waals surface area contributed by atoms with E-state index in [0.717, 1.165) is 35.5 Å². The second kappa shape index (κ2) is 8.38. The highest BCUT2D eigenvalue weighted by molar-refractivity contribution is 5.94. The number of oxazole rings is 1. The van der Waals surface area contributed by atoms with Gasteiger partial charge in [0, 0.05) is 31.7 Å². The van der Waals surface area contributed by atoms with Gasteiger partial charge in [0.25, 0.3) is 0 Å². The van der Waals surface area contributed by atoms with E-state index >= 15 is 0 Å². The van der Waals surface area contributed by atoms with E-state index in [2.05, 4.69) is 53.4 Å². The summed E-state index contributed by atoms with van der Waals surface area (Å²) >= 11 is 0. The van der Waals surface area contributed by atoms with Crippen LogP contribution >= 0.6 is 0 Å². The number of aryl methyl sites for hydroxylation is 1. The van der Waals surface area contributed by atoms with Crippen molar-refractivity contribution in [3.63, 3.8) is 0 Å². The standard InChI is InChI=1S/C24H25N3O/c1-18-23(17-27(15-14-25)16-19-8-3-2-4-9-19)26-24(28-18)22-13-7-11-20-10-5-6-12-21(20)22/h2-13H,14-17,25H2,1H3. The van der Waals surface area contributed by atoms with E-state index in [1.807, 2.05) is 31.2 Å². The maximum Gasteiger partial charge on any atom is 0.227 e. The summed E-state index contributed by atoms with van der Waals surface area (Å²) in [6.45, 7) is 4.96. The molecule has 4 rings (SSSR count). The molecule has 142 valence electrons. The Morgan fingerprint density at radius 3 is 2.46 bits per heavy atom. The predicted molar refractivity (Wildman–Crippen MR) is 114 cm³/mol. The molecule has 0 unspecified atom stereocenters. The highest BCUT2D eigenvalue weighted by Crippen LogP contribution is 2.29. The molecule has 1 heterocycles. The first kappa shape index (κ1) is 18.4. The van der Waals surface area contributed by atoms with Crippen LogP contribution in [0.4, 0.5) is 0 Å². The Kier molecular flexibility index (Phi) is 5.51. The number of benzene rings is 3. The molecule has 4 nitrogen and oxygen atoms in total. The van der Waals surface area contributed by atoms with Crippen molar-refractivity contribution in [3.05, 3.63) is 89.8 Å². The smallest absolute Gasteiger partial charge is 0.227 e. The molecule has 2 N–H and O–H groups in total. The summed E-state index contributed by atoms with van der Waals surface area (Å²) in [5.74, 6) is 1.54. The van der Waals surface area contributed by atoms with Gasteiger partial charge in [-0.3, -0.25) is 4.90 Å². The Labute approximate surface area is 165 Å². The fourth-order valence-corrected chi connectivity index (χ4v) is 3.55. The van der Waals surface area contributed by atoms with Gasteiger partial charge in [-0.15, -0.1) is 0 Å². The summed E-state index contributed by atoms with van der Waals surface area (Å²) in [4.78, 5) is 7.16. The first-order valence-corrected chi connectivity index (χ1v) is 9.65. The van der Waals surface area contributed by atoms with E-state index in [0.29, 0.717) is 19.0 Å². The zero-order valence-electron chi connectivity index (χ0n) is 16.1. The molecule has 0 saturated carbocycles. The lowest BCUT2D eigenvalue weighted by Crippen LogP contribution is -2.29. The first-order valence-electron chi connectivity index (χ1n) is 9.65. The van der Waals surface area contributed by atoms with Gasteiger partial charge in [-0.2, -0.15) is 0 Å². The lowest BCUT2D eigenvalue weighted by molar-refractivity contribution is 0.260. The summed E-state index contributed by atoms with van der Waals surface area (Å²) in [5, 5.41) is 2.34. The van der Waals surface area contributed by atoms with E-state index in [4.69, 9.17) is 15.1 Å². The molecule has 3 aromatic carbocycles. The average molecular weight is 371 g/mol. The van der Waals surface area contributed by atoms with Crippen LogP contribution in [0.5, 0.6) is 0 Å². The molecule has 1 aromatic heterocycles. The van der Waals surface area contributed by atoms with Crippen LogP contribution in [0.3, 0.4) is 0 Å². The Hall–Kier alpha value is -2.95. The number of fused-ring (bicyclic) bond motifs is 1. The molecule has 4 heteroatoms. The fourth-order valence-electron chi connectivity index (χ4n) is 3.55. The van der Waals surface area contributed by atoms with E-state index < -0.39 is 0 Å². The molecule has 0 spiro atoms. The molecule has 0 atom stereocenters. The zero-order chi connectivity index (χ0) is 19.3. The van der Waals surface area contributed by atoms with Gasteiger partial charge < -0.3 is 10.2 Å². The lowest BCUT2D eigenvalue weighted by Gasteiger charge is -2.20. The average Bonchev–Trinajstić information content (AvgIpc) is 3.08. The fraction of sp³-hybridized carbons (Fsp3) is 0.208. The number of rotatable bonds is 7. The van der Waals surface area contributed by atoms with Crippen molar-refractivity contribution >= 4 is 10.8 Å².